The first kappa shape index (κ1) is 22.9. The average molecular weight is 448 g/mol. The molecule has 0 aliphatic carbocycles. The van der Waals surface area contributed by atoms with Crippen molar-refractivity contribution >= 4 is 27.6 Å². The molecule has 1 saturated heterocycles. The lowest BCUT2D eigenvalue weighted by Gasteiger charge is -2.21. The smallest absolute Gasteiger partial charge is 0.337 e. The highest BCUT2D eigenvalue weighted by molar-refractivity contribution is 7.92. The predicted octanol–water partition coefficient (Wildman–Crippen LogP) is 3.25. The first-order valence-corrected chi connectivity index (χ1v) is 11.8. The monoisotopic (exact) mass is 447 g/mol. The van der Waals surface area contributed by atoms with E-state index in [0.717, 1.165) is 25.7 Å². The fraction of sp³-hybridized carbons (Fsp3) is 0.455. The number of methoxy groups -OCH3 is 1. The number of hydrogen-bond donors (Lipinski definition) is 1. The molecule has 3 rings (SSSR count). The molecule has 1 N–H and O–H groups in total. The van der Waals surface area contributed by atoms with Crippen LogP contribution in [-0.4, -0.2) is 50.0 Å². The second-order valence-electron chi connectivity index (χ2n) is 7.81. The van der Waals surface area contributed by atoms with Crippen molar-refractivity contribution in [1.82, 2.24) is 9.47 Å². The number of amides is 1. The van der Waals surface area contributed by atoms with Gasteiger partial charge in [0, 0.05) is 37.2 Å². The summed E-state index contributed by atoms with van der Waals surface area (Å²) in [6.07, 6.45) is 3.99. The highest BCUT2D eigenvalue weighted by atomic mass is 32.2. The van der Waals surface area contributed by atoms with Crippen LogP contribution in [0.3, 0.4) is 0 Å². The summed E-state index contributed by atoms with van der Waals surface area (Å²) < 4.78 is 35.7. The zero-order valence-electron chi connectivity index (χ0n) is 18.4. The number of nitrogens with zero attached hydrogens (tertiary/aromatic N) is 2. The molecule has 9 heteroatoms. The van der Waals surface area contributed by atoms with Crippen molar-refractivity contribution in [2.45, 2.75) is 44.4 Å². The van der Waals surface area contributed by atoms with Crippen LogP contribution in [0.15, 0.2) is 29.2 Å². The highest BCUT2D eigenvalue weighted by Gasteiger charge is 2.33. The molecule has 2 aromatic rings. The van der Waals surface area contributed by atoms with Crippen LogP contribution in [0.25, 0.3) is 0 Å². The number of aromatic nitrogens is 1. The van der Waals surface area contributed by atoms with Gasteiger partial charge in [-0.1, -0.05) is 12.8 Å². The van der Waals surface area contributed by atoms with Crippen molar-refractivity contribution < 1.29 is 22.7 Å². The number of nitrogens with one attached hydrogen (secondary N) is 1. The van der Waals surface area contributed by atoms with E-state index < -0.39 is 16.0 Å². The van der Waals surface area contributed by atoms with Gasteiger partial charge in [0.25, 0.3) is 15.9 Å². The van der Waals surface area contributed by atoms with E-state index in [-0.39, 0.29) is 16.4 Å². The molecule has 0 bridgehead atoms. The van der Waals surface area contributed by atoms with E-state index in [1.807, 2.05) is 0 Å². The average Bonchev–Trinajstić information content (AvgIpc) is 2.93. The molecule has 0 radical (unpaired) electrons. The van der Waals surface area contributed by atoms with Crippen molar-refractivity contribution in [2.75, 3.05) is 24.9 Å². The number of esters is 1. The summed E-state index contributed by atoms with van der Waals surface area (Å²) in [5.74, 6) is -0.751. The van der Waals surface area contributed by atoms with E-state index in [0.29, 0.717) is 35.7 Å². The number of carbonyl (C=O) groups excluding carboxylic acids is 2. The van der Waals surface area contributed by atoms with Crippen molar-refractivity contribution in [3.05, 3.63) is 46.8 Å². The Morgan fingerprint density at radius 2 is 1.55 bits per heavy atom. The van der Waals surface area contributed by atoms with Crippen molar-refractivity contribution in [3.8, 4) is 0 Å². The molecular weight excluding hydrogens is 418 g/mol. The first-order valence-electron chi connectivity index (χ1n) is 10.3. The van der Waals surface area contributed by atoms with Gasteiger partial charge in [0.1, 0.15) is 4.90 Å². The summed E-state index contributed by atoms with van der Waals surface area (Å²) >= 11 is 0. The number of anilines is 1. The maximum Gasteiger partial charge on any atom is 0.337 e. The normalized spacial score (nSPS) is 14.8. The Bertz CT molecular complexity index is 1080. The fourth-order valence-corrected chi connectivity index (χ4v) is 5.51. The predicted molar refractivity (Wildman–Crippen MR) is 118 cm³/mol. The first-order chi connectivity index (χ1) is 14.7. The number of ether oxygens (including phenoxy) is 1. The summed E-state index contributed by atoms with van der Waals surface area (Å²) in [5, 5.41) is 0. The van der Waals surface area contributed by atoms with Crippen molar-refractivity contribution in [2.24, 2.45) is 7.05 Å². The molecule has 8 nitrogen and oxygen atoms in total. The van der Waals surface area contributed by atoms with Gasteiger partial charge in [-0.05, 0) is 51.0 Å². The van der Waals surface area contributed by atoms with Gasteiger partial charge in [-0.2, -0.15) is 0 Å². The van der Waals surface area contributed by atoms with Gasteiger partial charge >= 0.3 is 5.97 Å². The van der Waals surface area contributed by atoms with Crippen LogP contribution in [0.4, 0.5) is 5.69 Å². The lowest BCUT2D eigenvalue weighted by Crippen LogP contribution is -2.33. The van der Waals surface area contributed by atoms with Crippen LogP contribution in [0.2, 0.25) is 0 Å². The topological polar surface area (TPSA) is 97.7 Å². The molecule has 0 spiro atoms. The summed E-state index contributed by atoms with van der Waals surface area (Å²) in [7, 11) is -1.00. The molecule has 1 amide bonds. The Morgan fingerprint density at radius 1 is 0.968 bits per heavy atom. The molecule has 2 heterocycles. The van der Waals surface area contributed by atoms with Crippen LogP contribution in [0.1, 0.15) is 57.8 Å². The maximum absolute atomic E-state index is 13.4. The second kappa shape index (κ2) is 9.13. The fourth-order valence-electron chi connectivity index (χ4n) is 3.93. The number of carbonyl (C=O) groups is 2. The van der Waals surface area contributed by atoms with E-state index >= 15 is 0 Å². The number of benzene rings is 1. The molecule has 1 aliphatic heterocycles. The molecule has 0 unspecified atom stereocenters. The van der Waals surface area contributed by atoms with E-state index in [4.69, 9.17) is 0 Å². The standard InChI is InChI=1S/C22H29N3O5S/c1-15-19(21(26)25-13-7-5-6-8-14-25)20(16(2)24(15)3)31(28,29)23-18-11-9-17(10-12-18)22(27)30-4/h9-12,23H,5-8,13-14H2,1-4H3. The van der Waals surface area contributed by atoms with Crippen LogP contribution in [-0.2, 0) is 21.8 Å². The number of rotatable bonds is 5. The Labute approximate surface area is 183 Å². The van der Waals surface area contributed by atoms with Gasteiger partial charge in [0.15, 0.2) is 0 Å². The second-order valence-corrected chi connectivity index (χ2v) is 9.43. The minimum atomic E-state index is -4.04. The summed E-state index contributed by atoms with van der Waals surface area (Å²) in [6.45, 7) is 4.73. The van der Waals surface area contributed by atoms with Gasteiger partial charge in [-0.25, -0.2) is 13.2 Å². The van der Waals surface area contributed by atoms with E-state index in [1.54, 1.807) is 30.4 Å². The lowest BCUT2D eigenvalue weighted by atomic mass is 10.2. The third-order valence-corrected chi connectivity index (χ3v) is 7.40. The van der Waals surface area contributed by atoms with E-state index in [2.05, 4.69) is 9.46 Å². The molecule has 1 aromatic carbocycles. The Balaban J connectivity index is 1.98. The van der Waals surface area contributed by atoms with Crippen LogP contribution >= 0.6 is 0 Å². The van der Waals surface area contributed by atoms with Crippen molar-refractivity contribution in [1.29, 1.82) is 0 Å². The van der Waals surface area contributed by atoms with Gasteiger partial charge in [0.05, 0.1) is 18.2 Å². The Kier molecular flexibility index (Phi) is 6.74. The molecule has 1 fully saturated rings. The van der Waals surface area contributed by atoms with Gasteiger partial charge in [-0.15, -0.1) is 0 Å². The quantitative estimate of drug-likeness (QED) is 0.710. The van der Waals surface area contributed by atoms with Gasteiger partial charge in [-0.3, -0.25) is 9.52 Å². The summed E-state index contributed by atoms with van der Waals surface area (Å²) in [4.78, 5) is 26.7. The summed E-state index contributed by atoms with van der Waals surface area (Å²) in [5.41, 5.74) is 1.94. The van der Waals surface area contributed by atoms with Crippen LogP contribution < -0.4 is 4.72 Å². The SMILES string of the molecule is COC(=O)c1ccc(NS(=O)(=O)c2c(C(=O)N3CCCCCC3)c(C)n(C)c2C)cc1. The zero-order valence-corrected chi connectivity index (χ0v) is 19.2. The van der Waals surface area contributed by atoms with Gasteiger partial charge < -0.3 is 14.2 Å². The molecule has 1 aromatic heterocycles. The van der Waals surface area contributed by atoms with E-state index in [9.17, 15) is 18.0 Å². The number of likely N-dealkylation sites (tertiary alicyclic amines) is 1. The summed E-state index contributed by atoms with van der Waals surface area (Å²) in [6, 6.07) is 5.95. The van der Waals surface area contributed by atoms with Crippen molar-refractivity contribution in [3.63, 3.8) is 0 Å². The van der Waals surface area contributed by atoms with Crippen LogP contribution in [0, 0.1) is 13.8 Å². The minimum Gasteiger partial charge on any atom is -0.465 e. The Morgan fingerprint density at radius 3 is 2.10 bits per heavy atom. The number of sulfonamides is 1. The molecule has 1 aliphatic rings. The van der Waals surface area contributed by atoms with Crippen LogP contribution in [0.5, 0.6) is 0 Å². The van der Waals surface area contributed by atoms with Gasteiger partial charge in [0.2, 0.25) is 0 Å². The largest absolute Gasteiger partial charge is 0.465 e. The molecule has 0 saturated carbocycles. The third kappa shape index (κ3) is 4.61. The minimum absolute atomic E-state index is 0.00112. The zero-order chi connectivity index (χ0) is 22.8. The lowest BCUT2D eigenvalue weighted by molar-refractivity contribution is 0.0600. The number of hydrogen-bond acceptors (Lipinski definition) is 5. The maximum atomic E-state index is 13.4. The molecule has 0 atom stereocenters. The molecule has 168 valence electrons. The molecular formula is C22H29N3O5S. The Hall–Kier alpha value is -2.81. The highest BCUT2D eigenvalue weighted by Crippen LogP contribution is 2.30. The molecule has 31 heavy (non-hydrogen) atoms. The van der Waals surface area contributed by atoms with E-state index in [1.165, 1.54) is 31.4 Å². The third-order valence-electron chi connectivity index (χ3n) is 5.86.